The van der Waals surface area contributed by atoms with Crippen molar-refractivity contribution in [1.29, 1.82) is 0 Å². The molecule has 0 unspecified atom stereocenters. The summed E-state index contributed by atoms with van der Waals surface area (Å²) in [6, 6.07) is 0. The van der Waals surface area contributed by atoms with Gasteiger partial charge in [-0.1, -0.05) is 38.5 Å². The van der Waals surface area contributed by atoms with E-state index < -0.39 is 13.5 Å². The van der Waals surface area contributed by atoms with E-state index in [0.717, 1.165) is 0 Å². The van der Waals surface area contributed by atoms with Crippen LogP contribution in [0.5, 0.6) is 0 Å². The Labute approximate surface area is 303 Å². The van der Waals surface area contributed by atoms with E-state index in [-0.39, 0.29) is 15.8 Å². The van der Waals surface area contributed by atoms with Crippen molar-refractivity contribution in [2.75, 3.05) is 0 Å². The van der Waals surface area contributed by atoms with E-state index in [2.05, 4.69) is 18.1 Å². The molecule has 0 nitrogen and oxygen atoms in total. The maximum absolute atomic E-state index is 5.49. The van der Waals surface area contributed by atoms with E-state index in [9.17, 15) is 0 Å². The van der Waals surface area contributed by atoms with E-state index in [1.165, 1.54) is 34.0 Å². The van der Waals surface area contributed by atoms with E-state index in [4.69, 9.17) is 19.4 Å². The zero-order chi connectivity index (χ0) is 32.4. The van der Waals surface area contributed by atoms with Crippen molar-refractivity contribution in [3.8, 4) is 0 Å². The van der Waals surface area contributed by atoms with E-state index in [0.29, 0.717) is 5.92 Å². The number of halogens is 2. The topological polar surface area (TPSA) is 0 Å². The van der Waals surface area contributed by atoms with Crippen LogP contribution in [0.2, 0.25) is 0 Å². The van der Waals surface area contributed by atoms with Crippen LogP contribution < -0.4 is 0 Å². The van der Waals surface area contributed by atoms with E-state index >= 15 is 0 Å². The zero-order valence-electron chi connectivity index (χ0n) is 30.4. The van der Waals surface area contributed by atoms with Gasteiger partial charge in [0, 0.05) is 15.8 Å². The van der Waals surface area contributed by atoms with Crippen LogP contribution >= 0.6 is 35.2 Å². The van der Waals surface area contributed by atoms with Crippen LogP contribution in [0.4, 0.5) is 0 Å². The first kappa shape index (κ1) is 40.5. The molecular weight excluding hydrogens is 726 g/mol. The Morgan fingerprint density at radius 2 is 0.609 bits per heavy atom. The number of hydrogen-bond donors (Lipinski definition) is 0. The van der Waals surface area contributed by atoms with Gasteiger partial charge in [-0.15, -0.1) is 0 Å². The number of allylic oxidation sites excluding steroid dienone is 1. The molecule has 0 heterocycles. The van der Waals surface area contributed by atoms with Crippen molar-refractivity contribution in [2.45, 2.75) is 240 Å². The molecule has 6 fully saturated rings. The summed E-state index contributed by atoms with van der Waals surface area (Å²) in [7, 11) is 10.9. The first-order valence-corrected chi connectivity index (χ1v) is 29.7. The summed E-state index contributed by atoms with van der Waals surface area (Å²) in [5, 5.41) is 0. The Hall–Kier alpha value is 1.71. The predicted octanol–water partition coefficient (Wildman–Crippen LogP) is 14.9. The van der Waals surface area contributed by atoms with Gasteiger partial charge in [-0.25, -0.2) is 0 Å². The zero-order valence-corrected chi connectivity index (χ0v) is 35.7. The second-order valence-corrected chi connectivity index (χ2v) is 29.0. The third-order valence-corrected chi connectivity index (χ3v) is 23.6. The maximum atomic E-state index is 5.49. The first-order chi connectivity index (χ1) is 22.5. The summed E-state index contributed by atoms with van der Waals surface area (Å²) in [6.07, 6.45) is 49.5. The third-order valence-electron chi connectivity index (χ3n) is 12.9. The van der Waals surface area contributed by atoms with Crippen molar-refractivity contribution >= 4 is 39.5 Å². The molecule has 0 N–H and O–H groups in total. The molecule has 0 amide bonds. The van der Waals surface area contributed by atoms with Gasteiger partial charge in [0.05, 0.1) is 34.0 Å². The summed E-state index contributed by atoms with van der Waals surface area (Å²) >= 11 is -1.62. The first-order valence-electron chi connectivity index (χ1n) is 20.9. The molecule has 0 aromatic rings. The Bertz CT molecular complexity index is 693. The van der Waals surface area contributed by atoms with E-state index in [1.807, 2.05) is 6.08 Å². The van der Waals surface area contributed by atoms with Gasteiger partial charge in [-0.2, -0.15) is 0 Å². The van der Waals surface area contributed by atoms with E-state index in [1.54, 1.807) is 193 Å². The van der Waals surface area contributed by atoms with Gasteiger partial charge >= 0.3 is 63.0 Å². The van der Waals surface area contributed by atoms with Crippen LogP contribution in [0.15, 0.2) is 6.08 Å². The molecule has 0 spiro atoms. The summed E-state index contributed by atoms with van der Waals surface area (Å²) in [6.45, 7) is 4.14. The minimum absolute atomic E-state index is 0.0465. The molecule has 6 aliphatic carbocycles. The Morgan fingerprint density at radius 3 is 0.739 bits per heavy atom. The quantitative estimate of drug-likeness (QED) is 0.178. The van der Waals surface area contributed by atoms with Gasteiger partial charge in [0.25, 0.3) is 0 Å². The van der Waals surface area contributed by atoms with Gasteiger partial charge in [-0.3, -0.25) is 0 Å². The molecule has 46 heavy (non-hydrogen) atoms. The molecule has 0 aliphatic heterocycles. The summed E-state index contributed by atoms with van der Waals surface area (Å²) < 4.78 is 2.89. The Balaban J connectivity index is 0.000000170. The second kappa shape index (κ2) is 24.0. The molecule has 0 radical (unpaired) electrons. The molecule has 0 saturated heterocycles. The molecular formula is C41H76Cl2P2Ru+2. The Morgan fingerprint density at radius 1 is 0.413 bits per heavy atom. The SMILES string of the molecule is C1CCC([PH+](C2CCCCC2)C2CCCCC2)CC1.C1CCC([PH+](C2CCCCC2)C2CCCCC2)CC1.CC(C)C=[C]=[Ru]([Cl])[Cl]. The van der Waals surface area contributed by atoms with Gasteiger partial charge in [0.2, 0.25) is 0 Å². The van der Waals surface area contributed by atoms with Crippen LogP contribution in [-0.4, -0.2) is 38.2 Å². The van der Waals surface area contributed by atoms with Crippen molar-refractivity contribution in [1.82, 2.24) is 0 Å². The van der Waals surface area contributed by atoms with Gasteiger partial charge < -0.3 is 0 Å². The monoisotopic (exact) mass is 802 g/mol. The molecule has 0 bridgehead atoms. The summed E-state index contributed by atoms with van der Waals surface area (Å²) in [5.41, 5.74) is 7.36. The fourth-order valence-corrected chi connectivity index (χ4v) is 22.6. The molecule has 6 saturated carbocycles. The van der Waals surface area contributed by atoms with Crippen LogP contribution in [0.1, 0.15) is 206 Å². The van der Waals surface area contributed by atoms with Crippen LogP contribution in [-0.2, 0) is 13.5 Å². The number of rotatable bonds is 7. The molecule has 6 rings (SSSR count). The molecule has 5 heteroatoms. The standard InChI is InChI=1S/2C18H33P.C5H8.2ClH.Ru/c2*1-4-10-16(11-5-1)19(17-12-6-2-7-13-17)18-14-8-3-9-15-18;1-4-5(2)3;;;/h2*16-18H,1-15H2;4-5H,2-3H3;2*1H;/q;;;;;+2. The van der Waals surface area contributed by atoms with Crippen LogP contribution in [0.25, 0.3) is 0 Å². The molecule has 0 aromatic carbocycles. The predicted molar refractivity (Wildman–Crippen MR) is 214 cm³/mol. The third kappa shape index (κ3) is 14.8. The van der Waals surface area contributed by atoms with Crippen molar-refractivity contribution in [3.05, 3.63) is 6.08 Å². The molecule has 270 valence electrons. The molecule has 6 aliphatic rings. The van der Waals surface area contributed by atoms with Gasteiger partial charge in [0.1, 0.15) is 0 Å². The van der Waals surface area contributed by atoms with Crippen LogP contribution in [0, 0.1) is 5.92 Å². The fourth-order valence-electron chi connectivity index (χ4n) is 10.8. The van der Waals surface area contributed by atoms with Crippen molar-refractivity contribution < 1.29 is 13.5 Å². The average Bonchev–Trinajstić information content (AvgIpc) is 3.11. The van der Waals surface area contributed by atoms with Crippen molar-refractivity contribution in [2.24, 2.45) is 5.92 Å². The van der Waals surface area contributed by atoms with Gasteiger partial charge in [0.15, 0.2) is 0 Å². The molecule has 0 atom stereocenters. The van der Waals surface area contributed by atoms with Gasteiger partial charge in [-0.05, 0) is 154 Å². The summed E-state index contributed by atoms with van der Waals surface area (Å²) in [4.78, 5) is 0. The normalized spacial score (nSPS) is 25.8. The van der Waals surface area contributed by atoms with Crippen LogP contribution in [0.3, 0.4) is 0 Å². The molecule has 0 aromatic heterocycles. The minimum atomic E-state index is -1.62. The van der Waals surface area contributed by atoms with Crippen molar-refractivity contribution in [3.63, 3.8) is 0 Å². The second-order valence-electron chi connectivity index (χ2n) is 16.7. The average molecular weight is 803 g/mol. The fraction of sp³-hybridized carbons (Fsp3) is 0.951. The summed E-state index contributed by atoms with van der Waals surface area (Å²) in [5.74, 6) is 0.517. The Kier molecular flexibility index (Phi) is 21.2. The number of hydrogen-bond acceptors (Lipinski definition) is 0.